The molecular weight excluding hydrogens is 379 g/mol. The summed E-state index contributed by atoms with van der Waals surface area (Å²) in [7, 11) is 0. The molecule has 0 aromatic heterocycles. The van der Waals surface area contributed by atoms with Gasteiger partial charge in [0.25, 0.3) is 0 Å². The molecular formula is C12H4F9O4-. The third kappa shape index (κ3) is 3.96. The zero-order chi connectivity index (χ0) is 19.8. The van der Waals surface area contributed by atoms with Crippen LogP contribution in [0.3, 0.4) is 0 Å². The lowest BCUT2D eigenvalue weighted by Crippen LogP contribution is -2.61. The normalized spacial score (nSPS) is 12.8. The van der Waals surface area contributed by atoms with E-state index in [1.54, 1.807) is 0 Å². The van der Waals surface area contributed by atoms with E-state index in [1.807, 2.05) is 0 Å². The van der Waals surface area contributed by atoms with Crippen LogP contribution in [0.15, 0.2) is 12.1 Å². The number of rotatable bonds is 4. The Morgan fingerprint density at radius 1 is 0.920 bits per heavy atom. The second-order valence-electron chi connectivity index (χ2n) is 4.51. The molecule has 0 spiro atoms. The summed E-state index contributed by atoms with van der Waals surface area (Å²) < 4.78 is 119. The number of ether oxygens (including phenoxy) is 1. The molecule has 0 saturated carbocycles. The van der Waals surface area contributed by atoms with Crippen molar-refractivity contribution in [1.29, 1.82) is 0 Å². The first-order chi connectivity index (χ1) is 11.1. The van der Waals surface area contributed by atoms with Gasteiger partial charge in [0.1, 0.15) is 0 Å². The predicted molar refractivity (Wildman–Crippen MR) is 56.2 cm³/mol. The maximum Gasteiger partial charge on any atom is 0.437 e. The fourth-order valence-corrected chi connectivity index (χ4v) is 1.61. The molecule has 0 bridgehead atoms. The predicted octanol–water partition coefficient (Wildman–Crippen LogP) is 2.26. The molecule has 0 amide bonds. The summed E-state index contributed by atoms with van der Waals surface area (Å²) in [4.78, 5) is 21.8. The molecule has 0 unspecified atom stereocenters. The highest BCUT2D eigenvalue weighted by molar-refractivity contribution is 5.90. The first kappa shape index (κ1) is 20.6. The lowest BCUT2D eigenvalue weighted by atomic mass is 9.97. The number of carboxylic acid groups (broad SMARTS) is 1. The van der Waals surface area contributed by atoms with Crippen LogP contribution in [-0.2, 0) is 9.53 Å². The Bertz CT molecular complexity index is 656. The van der Waals surface area contributed by atoms with Gasteiger partial charge in [-0.1, -0.05) is 0 Å². The van der Waals surface area contributed by atoms with Gasteiger partial charge in [-0.2, -0.15) is 26.3 Å². The van der Waals surface area contributed by atoms with Gasteiger partial charge >= 0.3 is 23.9 Å². The van der Waals surface area contributed by atoms with Crippen LogP contribution in [0.1, 0.15) is 16.8 Å². The van der Waals surface area contributed by atoms with Gasteiger partial charge < -0.3 is 14.6 Å². The zero-order valence-corrected chi connectivity index (χ0v) is 11.4. The van der Waals surface area contributed by atoms with E-state index in [1.165, 1.54) is 0 Å². The summed E-state index contributed by atoms with van der Waals surface area (Å²) in [5, 5.41) is 10.3. The van der Waals surface area contributed by atoms with Crippen LogP contribution in [0.4, 0.5) is 39.5 Å². The van der Waals surface area contributed by atoms with Crippen LogP contribution in [0.2, 0.25) is 0 Å². The lowest BCUT2D eigenvalue weighted by Gasteiger charge is -2.36. The number of halogens is 9. The first-order valence-corrected chi connectivity index (χ1v) is 5.83. The number of carbonyl (C=O) groups is 2. The van der Waals surface area contributed by atoms with E-state index >= 15 is 0 Å². The van der Waals surface area contributed by atoms with Crippen molar-refractivity contribution < 1.29 is 58.9 Å². The monoisotopic (exact) mass is 383 g/mol. The van der Waals surface area contributed by atoms with E-state index in [0.717, 1.165) is 0 Å². The van der Waals surface area contributed by atoms with E-state index in [2.05, 4.69) is 4.74 Å². The molecule has 0 atom stereocenters. The molecule has 13 heteroatoms. The standard InChI is InChI=1S/C12H5F9O4/c13-5-1-4(2-6(14)8(5)15)9(24)25-10(3-7(22)23,11(16,17)18)12(19,20)21/h1-2H,3H2,(H,22,23)/p-1. The van der Waals surface area contributed by atoms with E-state index in [0.29, 0.717) is 0 Å². The number of hydrogen-bond acceptors (Lipinski definition) is 4. The number of esters is 1. The number of carbonyl (C=O) groups excluding carboxylic acids is 2. The molecule has 0 aliphatic rings. The zero-order valence-electron chi connectivity index (χ0n) is 11.4. The first-order valence-electron chi connectivity index (χ1n) is 5.83. The SMILES string of the molecule is O=C([O-])CC(OC(=O)c1cc(F)c(F)c(F)c1)(C(F)(F)F)C(F)(F)F. The molecule has 0 heterocycles. The lowest BCUT2D eigenvalue weighted by molar-refractivity contribution is -0.377. The highest BCUT2D eigenvalue weighted by Crippen LogP contribution is 2.48. The Morgan fingerprint density at radius 2 is 1.32 bits per heavy atom. The second-order valence-corrected chi connectivity index (χ2v) is 4.51. The van der Waals surface area contributed by atoms with Crippen LogP contribution in [0.25, 0.3) is 0 Å². The number of aliphatic carboxylic acids is 1. The molecule has 0 aliphatic heterocycles. The van der Waals surface area contributed by atoms with Crippen LogP contribution in [-0.4, -0.2) is 29.9 Å². The largest absolute Gasteiger partial charge is 0.550 e. The van der Waals surface area contributed by atoms with Crippen molar-refractivity contribution in [2.75, 3.05) is 0 Å². The Balaban J connectivity index is 3.44. The average Bonchev–Trinajstić information content (AvgIpc) is 2.40. The molecule has 0 aliphatic carbocycles. The van der Waals surface area contributed by atoms with Gasteiger partial charge in [0, 0.05) is 12.4 Å². The third-order valence-electron chi connectivity index (χ3n) is 2.80. The van der Waals surface area contributed by atoms with Crippen molar-refractivity contribution >= 4 is 11.9 Å². The maximum absolute atomic E-state index is 12.9. The molecule has 1 aromatic rings. The smallest absolute Gasteiger partial charge is 0.437 e. The van der Waals surface area contributed by atoms with E-state index in [4.69, 9.17) is 0 Å². The fraction of sp³-hybridized carbons (Fsp3) is 0.333. The minimum absolute atomic E-state index is 0.225. The van der Waals surface area contributed by atoms with Gasteiger partial charge in [0.15, 0.2) is 17.5 Å². The topological polar surface area (TPSA) is 66.4 Å². The van der Waals surface area contributed by atoms with Crippen molar-refractivity contribution in [1.82, 2.24) is 0 Å². The van der Waals surface area contributed by atoms with Gasteiger partial charge in [-0.05, 0) is 12.1 Å². The molecule has 1 rings (SSSR count). The van der Waals surface area contributed by atoms with Crippen LogP contribution in [0.5, 0.6) is 0 Å². The molecule has 140 valence electrons. The molecule has 0 fully saturated rings. The van der Waals surface area contributed by atoms with Crippen LogP contribution in [0, 0.1) is 17.5 Å². The summed E-state index contributed by atoms with van der Waals surface area (Å²) in [6.07, 6.45) is -15.8. The van der Waals surface area contributed by atoms with E-state index < -0.39 is 59.3 Å². The average molecular weight is 383 g/mol. The highest BCUT2D eigenvalue weighted by atomic mass is 19.4. The van der Waals surface area contributed by atoms with Crippen molar-refractivity contribution in [3.63, 3.8) is 0 Å². The van der Waals surface area contributed by atoms with Crippen LogP contribution >= 0.6 is 0 Å². The van der Waals surface area contributed by atoms with Gasteiger partial charge in [-0.25, -0.2) is 18.0 Å². The van der Waals surface area contributed by atoms with Gasteiger partial charge in [0.05, 0.1) is 5.56 Å². The Labute approximate surface area is 131 Å². The fourth-order valence-electron chi connectivity index (χ4n) is 1.61. The third-order valence-corrected chi connectivity index (χ3v) is 2.80. The minimum atomic E-state index is -6.47. The molecule has 1 aromatic carbocycles. The van der Waals surface area contributed by atoms with Crippen molar-refractivity contribution in [3.05, 3.63) is 35.1 Å². The number of benzene rings is 1. The highest BCUT2D eigenvalue weighted by Gasteiger charge is 2.74. The Morgan fingerprint density at radius 3 is 1.64 bits per heavy atom. The number of hydrogen-bond donors (Lipinski definition) is 0. The molecule has 0 radical (unpaired) electrons. The number of alkyl halides is 6. The second kappa shape index (κ2) is 6.44. The summed E-state index contributed by atoms with van der Waals surface area (Å²) in [6.45, 7) is 0. The summed E-state index contributed by atoms with van der Waals surface area (Å²) >= 11 is 0. The maximum atomic E-state index is 12.9. The van der Waals surface area contributed by atoms with Crippen molar-refractivity contribution in [3.8, 4) is 0 Å². The molecule has 0 saturated heterocycles. The molecule has 25 heavy (non-hydrogen) atoms. The molecule has 0 N–H and O–H groups in total. The number of carboxylic acids is 1. The summed E-state index contributed by atoms with van der Waals surface area (Å²) in [5.41, 5.74) is -7.09. The van der Waals surface area contributed by atoms with Gasteiger partial charge in [-0.15, -0.1) is 0 Å². The van der Waals surface area contributed by atoms with Crippen molar-refractivity contribution in [2.24, 2.45) is 0 Å². The Kier molecular flexibility index (Phi) is 5.30. The van der Waals surface area contributed by atoms with E-state index in [-0.39, 0.29) is 12.1 Å². The summed E-state index contributed by atoms with van der Waals surface area (Å²) in [6, 6.07) is -0.450. The van der Waals surface area contributed by atoms with Gasteiger partial charge in [-0.3, -0.25) is 0 Å². The van der Waals surface area contributed by atoms with Crippen LogP contribution < -0.4 is 5.11 Å². The van der Waals surface area contributed by atoms with E-state index in [9.17, 15) is 54.2 Å². The van der Waals surface area contributed by atoms with Gasteiger partial charge in [0.2, 0.25) is 0 Å². The van der Waals surface area contributed by atoms with Crippen molar-refractivity contribution in [2.45, 2.75) is 24.4 Å². The summed E-state index contributed by atoms with van der Waals surface area (Å²) in [5.74, 6) is -11.8. The minimum Gasteiger partial charge on any atom is -0.550 e. The molecule has 4 nitrogen and oxygen atoms in total. The Hall–Kier alpha value is -2.47. The quantitative estimate of drug-likeness (QED) is 0.455.